The zero-order valence-corrected chi connectivity index (χ0v) is 10.9. The molecule has 0 amide bonds. The fraction of sp³-hybridized carbons (Fsp3) is 0.500. The van der Waals surface area contributed by atoms with Crippen molar-refractivity contribution in [3.8, 4) is 0 Å². The standard InChI is InChI=1S/C16H21F/c1-3-8-13-11-12(2)14-9-6-4-5-7-10-15(14)16(13)17/h6,9,11H,3-5,7-8,10H2,1-2H3/b9-6-. The molecule has 0 atom stereocenters. The normalized spacial score (nSPS) is 17.1. The summed E-state index contributed by atoms with van der Waals surface area (Å²) in [5.41, 5.74) is 4.20. The molecule has 1 aliphatic carbocycles. The molecule has 1 aromatic rings. The summed E-state index contributed by atoms with van der Waals surface area (Å²) >= 11 is 0. The SMILES string of the molecule is CCCc1cc(C)c2c(c1F)CCCC/C=C\2. The summed E-state index contributed by atoms with van der Waals surface area (Å²) in [6.45, 7) is 4.20. The average Bonchev–Trinajstić information content (AvgIpc) is 2.25. The molecule has 0 fully saturated rings. The van der Waals surface area contributed by atoms with Crippen molar-refractivity contribution in [3.05, 3.63) is 40.2 Å². The van der Waals surface area contributed by atoms with Crippen molar-refractivity contribution in [1.82, 2.24) is 0 Å². The van der Waals surface area contributed by atoms with Crippen LogP contribution in [0.3, 0.4) is 0 Å². The van der Waals surface area contributed by atoms with E-state index in [-0.39, 0.29) is 5.82 Å². The summed E-state index contributed by atoms with van der Waals surface area (Å²) in [5.74, 6) is 0.0546. The van der Waals surface area contributed by atoms with Crippen molar-refractivity contribution in [3.63, 3.8) is 0 Å². The fourth-order valence-corrected chi connectivity index (χ4v) is 2.65. The summed E-state index contributed by atoms with van der Waals surface area (Å²) in [7, 11) is 0. The van der Waals surface area contributed by atoms with E-state index < -0.39 is 0 Å². The van der Waals surface area contributed by atoms with Gasteiger partial charge in [0.2, 0.25) is 0 Å². The van der Waals surface area contributed by atoms with E-state index in [4.69, 9.17) is 0 Å². The number of allylic oxidation sites excluding steroid dienone is 1. The second-order valence-corrected chi connectivity index (χ2v) is 4.96. The van der Waals surface area contributed by atoms with Gasteiger partial charge < -0.3 is 0 Å². The van der Waals surface area contributed by atoms with E-state index in [0.29, 0.717) is 0 Å². The maximum absolute atomic E-state index is 14.4. The number of rotatable bonds is 2. The van der Waals surface area contributed by atoms with Gasteiger partial charge in [-0.2, -0.15) is 0 Å². The van der Waals surface area contributed by atoms with Gasteiger partial charge in [0.05, 0.1) is 0 Å². The first-order chi connectivity index (χ1) is 8.24. The molecule has 92 valence electrons. The predicted molar refractivity (Wildman–Crippen MR) is 71.7 cm³/mol. The van der Waals surface area contributed by atoms with Gasteiger partial charge in [0.25, 0.3) is 0 Å². The van der Waals surface area contributed by atoms with Crippen LogP contribution < -0.4 is 0 Å². The quantitative estimate of drug-likeness (QED) is 0.685. The van der Waals surface area contributed by atoms with Gasteiger partial charge in [-0.3, -0.25) is 0 Å². The summed E-state index contributed by atoms with van der Waals surface area (Å²) in [4.78, 5) is 0. The zero-order valence-electron chi connectivity index (χ0n) is 10.9. The maximum Gasteiger partial charge on any atom is 0.130 e. The lowest BCUT2D eigenvalue weighted by Crippen LogP contribution is -2.04. The van der Waals surface area contributed by atoms with Crippen molar-refractivity contribution in [2.24, 2.45) is 0 Å². The molecule has 0 nitrogen and oxygen atoms in total. The van der Waals surface area contributed by atoms with E-state index in [1.54, 1.807) is 0 Å². The van der Waals surface area contributed by atoms with Crippen LogP contribution in [0, 0.1) is 12.7 Å². The van der Waals surface area contributed by atoms with E-state index in [1.165, 1.54) is 12.0 Å². The molecular formula is C16H21F. The van der Waals surface area contributed by atoms with Gasteiger partial charge >= 0.3 is 0 Å². The smallest absolute Gasteiger partial charge is 0.130 e. The molecule has 0 bridgehead atoms. The Balaban J connectivity index is 2.52. The molecule has 1 heteroatoms. The Morgan fingerprint density at radius 1 is 1.29 bits per heavy atom. The number of benzene rings is 1. The molecule has 0 radical (unpaired) electrons. The van der Waals surface area contributed by atoms with Crippen molar-refractivity contribution >= 4 is 6.08 Å². The molecule has 0 aromatic heterocycles. The van der Waals surface area contributed by atoms with E-state index in [9.17, 15) is 4.39 Å². The molecule has 0 heterocycles. The van der Waals surface area contributed by atoms with Gasteiger partial charge in [-0.1, -0.05) is 31.6 Å². The Hall–Kier alpha value is -1.11. The van der Waals surface area contributed by atoms with Crippen molar-refractivity contribution < 1.29 is 4.39 Å². The van der Waals surface area contributed by atoms with Crippen molar-refractivity contribution in [1.29, 1.82) is 0 Å². The number of hydrogen-bond acceptors (Lipinski definition) is 0. The third kappa shape index (κ3) is 2.59. The number of fused-ring (bicyclic) bond motifs is 1. The van der Waals surface area contributed by atoms with Gasteiger partial charge in [-0.05, 0) is 61.3 Å². The van der Waals surface area contributed by atoms with Gasteiger partial charge in [-0.25, -0.2) is 4.39 Å². The highest BCUT2D eigenvalue weighted by molar-refractivity contribution is 5.59. The Labute approximate surface area is 104 Å². The minimum absolute atomic E-state index is 0.0546. The first-order valence-electron chi connectivity index (χ1n) is 6.71. The largest absolute Gasteiger partial charge is 0.206 e. The second kappa shape index (κ2) is 5.48. The number of hydrogen-bond donors (Lipinski definition) is 0. The van der Waals surface area contributed by atoms with E-state index in [2.05, 4.69) is 26.0 Å². The Morgan fingerprint density at radius 3 is 2.88 bits per heavy atom. The lowest BCUT2D eigenvalue weighted by Gasteiger charge is -2.16. The van der Waals surface area contributed by atoms with Crippen LogP contribution in [-0.4, -0.2) is 0 Å². The van der Waals surface area contributed by atoms with E-state index in [0.717, 1.165) is 48.8 Å². The van der Waals surface area contributed by atoms with Crippen LogP contribution in [0.5, 0.6) is 0 Å². The highest BCUT2D eigenvalue weighted by Gasteiger charge is 2.15. The van der Waals surface area contributed by atoms with Gasteiger partial charge in [0.15, 0.2) is 0 Å². The van der Waals surface area contributed by atoms with Crippen LogP contribution >= 0.6 is 0 Å². The summed E-state index contributed by atoms with van der Waals surface area (Å²) in [6.07, 6.45) is 10.4. The molecule has 17 heavy (non-hydrogen) atoms. The Bertz CT molecular complexity index is 430. The summed E-state index contributed by atoms with van der Waals surface area (Å²) in [6, 6.07) is 2.03. The maximum atomic E-state index is 14.4. The van der Waals surface area contributed by atoms with Crippen LogP contribution in [0.4, 0.5) is 4.39 Å². The van der Waals surface area contributed by atoms with Crippen LogP contribution in [-0.2, 0) is 12.8 Å². The Kier molecular flexibility index (Phi) is 3.98. The minimum atomic E-state index is 0.0546. The van der Waals surface area contributed by atoms with Gasteiger partial charge in [-0.15, -0.1) is 0 Å². The minimum Gasteiger partial charge on any atom is -0.206 e. The monoisotopic (exact) mass is 232 g/mol. The fourth-order valence-electron chi connectivity index (χ4n) is 2.65. The molecule has 0 aliphatic heterocycles. The molecule has 0 saturated carbocycles. The molecule has 0 spiro atoms. The highest BCUT2D eigenvalue weighted by atomic mass is 19.1. The molecule has 0 saturated heterocycles. The third-order valence-electron chi connectivity index (χ3n) is 3.54. The highest BCUT2D eigenvalue weighted by Crippen LogP contribution is 2.27. The predicted octanol–water partition coefficient (Wildman–Crippen LogP) is 4.83. The second-order valence-electron chi connectivity index (χ2n) is 4.96. The molecule has 1 aliphatic rings. The third-order valence-corrected chi connectivity index (χ3v) is 3.54. The Morgan fingerprint density at radius 2 is 2.12 bits per heavy atom. The van der Waals surface area contributed by atoms with E-state index >= 15 is 0 Å². The zero-order chi connectivity index (χ0) is 12.3. The number of aryl methyl sites for hydroxylation is 2. The van der Waals surface area contributed by atoms with Crippen LogP contribution in [0.1, 0.15) is 54.9 Å². The topological polar surface area (TPSA) is 0 Å². The molecule has 2 rings (SSSR count). The molecule has 0 unspecified atom stereocenters. The lowest BCUT2D eigenvalue weighted by atomic mass is 9.90. The van der Waals surface area contributed by atoms with Gasteiger partial charge in [0.1, 0.15) is 5.82 Å². The average molecular weight is 232 g/mol. The van der Waals surface area contributed by atoms with Crippen molar-refractivity contribution in [2.75, 3.05) is 0 Å². The summed E-state index contributed by atoms with van der Waals surface area (Å²) in [5, 5.41) is 0. The van der Waals surface area contributed by atoms with Crippen molar-refractivity contribution in [2.45, 2.75) is 52.4 Å². The van der Waals surface area contributed by atoms with Crippen LogP contribution in [0.2, 0.25) is 0 Å². The lowest BCUT2D eigenvalue weighted by molar-refractivity contribution is 0.581. The first-order valence-corrected chi connectivity index (χ1v) is 6.71. The van der Waals surface area contributed by atoms with Gasteiger partial charge in [0, 0.05) is 0 Å². The molecule has 1 aromatic carbocycles. The summed E-state index contributed by atoms with van der Waals surface area (Å²) < 4.78 is 14.4. The van der Waals surface area contributed by atoms with E-state index in [1.807, 2.05) is 6.07 Å². The molecule has 0 N–H and O–H groups in total. The van der Waals surface area contributed by atoms with Crippen LogP contribution in [0.25, 0.3) is 6.08 Å². The number of halogens is 1. The molecular weight excluding hydrogens is 211 g/mol. The first kappa shape index (κ1) is 12.3. The van der Waals surface area contributed by atoms with Crippen LogP contribution in [0.15, 0.2) is 12.1 Å².